The maximum atomic E-state index is 5.57. The Hall–Kier alpha value is -0.290. The topological polar surface area (TPSA) is 32.5 Å². The first-order valence-corrected chi connectivity index (χ1v) is 6.52. The standard InChI is InChI=1S/C12H18BrN3.ClH/c13-11-3-1-2-4-12(11)16-9-7-15(6-5-14)8-10-16;/h1-4H,5-10,14H2;1H. The van der Waals surface area contributed by atoms with Crippen molar-refractivity contribution in [1.29, 1.82) is 0 Å². The van der Waals surface area contributed by atoms with Crippen molar-refractivity contribution in [3.8, 4) is 0 Å². The zero-order chi connectivity index (χ0) is 11.4. The van der Waals surface area contributed by atoms with E-state index in [0.29, 0.717) is 0 Å². The lowest BCUT2D eigenvalue weighted by molar-refractivity contribution is 0.265. The van der Waals surface area contributed by atoms with E-state index in [2.05, 4.69) is 50.0 Å². The fourth-order valence-corrected chi connectivity index (χ4v) is 2.64. The molecule has 1 heterocycles. The van der Waals surface area contributed by atoms with E-state index in [4.69, 9.17) is 5.73 Å². The Balaban J connectivity index is 0.00000144. The number of anilines is 1. The van der Waals surface area contributed by atoms with Crippen molar-refractivity contribution in [3.63, 3.8) is 0 Å². The second-order valence-corrected chi connectivity index (χ2v) is 4.92. The highest BCUT2D eigenvalue weighted by atomic mass is 79.9. The van der Waals surface area contributed by atoms with Crippen molar-refractivity contribution in [3.05, 3.63) is 28.7 Å². The van der Waals surface area contributed by atoms with Crippen molar-refractivity contribution in [2.24, 2.45) is 5.73 Å². The molecule has 17 heavy (non-hydrogen) atoms. The van der Waals surface area contributed by atoms with Crippen LogP contribution >= 0.6 is 28.3 Å². The Morgan fingerprint density at radius 3 is 2.35 bits per heavy atom. The third-order valence-electron chi connectivity index (χ3n) is 3.01. The van der Waals surface area contributed by atoms with E-state index in [-0.39, 0.29) is 12.4 Å². The van der Waals surface area contributed by atoms with Crippen LogP contribution in [0, 0.1) is 0 Å². The lowest BCUT2D eigenvalue weighted by atomic mass is 10.2. The summed E-state index contributed by atoms with van der Waals surface area (Å²) in [6.07, 6.45) is 0. The first kappa shape index (κ1) is 14.8. The minimum absolute atomic E-state index is 0. The molecule has 3 nitrogen and oxygen atoms in total. The Morgan fingerprint density at radius 1 is 1.12 bits per heavy atom. The minimum atomic E-state index is 0. The van der Waals surface area contributed by atoms with Gasteiger partial charge in [0, 0.05) is 43.7 Å². The predicted octanol–water partition coefficient (Wildman–Crippen LogP) is 1.95. The van der Waals surface area contributed by atoms with Gasteiger partial charge in [-0.05, 0) is 28.1 Å². The molecule has 2 rings (SSSR count). The second-order valence-electron chi connectivity index (χ2n) is 4.07. The maximum absolute atomic E-state index is 5.57. The maximum Gasteiger partial charge on any atom is 0.0511 e. The average Bonchev–Trinajstić information content (AvgIpc) is 2.31. The fourth-order valence-electron chi connectivity index (χ4n) is 2.10. The van der Waals surface area contributed by atoms with E-state index in [1.54, 1.807) is 0 Å². The molecule has 0 saturated carbocycles. The van der Waals surface area contributed by atoms with Crippen LogP contribution in [0.2, 0.25) is 0 Å². The molecule has 2 N–H and O–H groups in total. The van der Waals surface area contributed by atoms with Crippen LogP contribution in [-0.4, -0.2) is 44.2 Å². The van der Waals surface area contributed by atoms with Gasteiger partial charge >= 0.3 is 0 Å². The summed E-state index contributed by atoms with van der Waals surface area (Å²) in [6.45, 7) is 6.17. The number of benzene rings is 1. The molecule has 0 radical (unpaired) electrons. The lowest BCUT2D eigenvalue weighted by Gasteiger charge is -2.36. The summed E-state index contributed by atoms with van der Waals surface area (Å²) >= 11 is 3.60. The van der Waals surface area contributed by atoms with Gasteiger partial charge < -0.3 is 10.6 Å². The number of nitrogens with zero attached hydrogens (tertiary/aromatic N) is 2. The number of halogens is 2. The molecule has 1 aromatic rings. The first-order chi connectivity index (χ1) is 7.81. The fraction of sp³-hybridized carbons (Fsp3) is 0.500. The lowest BCUT2D eigenvalue weighted by Crippen LogP contribution is -2.47. The van der Waals surface area contributed by atoms with Crippen LogP contribution in [0.15, 0.2) is 28.7 Å². The van der Waals surface area contributed by atoms with E-state index in [9.17, 15) is 0 Å². The molecule has 1 aromatic carbocycles. The number of para-hydroxylation sites is 1. The zero-order valence-corrected chi connectivity index (χ0v) is 12.2. The quantitative estimate of drug-likeness (QED) is 0.924. The Labute approximate surface area is 117 Å². The van der Waals surface area contributed by atoms with Crippen LogP contribution in [0.3, 0.4) is 0 Å². The van der Waals surface area contributed by atoms with Gasteiger partial charge in [-0.25, -0.2) is 0 Å². The molecule has 0 aromatic heterocycles. The van der Waals surface area contributed by atoms with Crippen LogP contribution in [0.4, 0.5) is 5.69 Å². The molecule has 1 saturated heterocycles. The molecule has 1 aliphatic rings. The molecule has 0 amide bonds. The summed E-state index contributed by atoms with van der Waals surface area (Å²) in [4.78, 5) is 4.85. The normalized spacial score (nSPS) is 16.7. The zero-order valence-electron chi connectivity index (χ0n) is 9.81. The average molecular weight is 321 g/mol. The number of hydrogen-bond donors (Lipinski definition) is 1. The van der Waals surface area contributed by atoms with E-state index >= 15 is 0 Å². The molecule has 0 aliphatic carbocycles. The highest BCUT2D eigenvalue weighted by Crippen LogP contribution is 2.26. The Morgan fingerprint density at radius 2 is 1.76 bits per heavy atom. The van der Waals surface area contributed by atoms with Crippen molar-refractivity contribution in [2.75, 3.05) is 44.2 Å². The number of nitrogens with two attached hydrogens (primary N) is 1. The van der Waals surface area contributed by atoms with Crippen molar-refractivity contribution in [1.82, 2.24) is 4.90 Å². The summed E-state index contributed by atoms with van der Waals surface area (Å²) in [5.74, 6) is 0. The smallest absolute Gasteiger partial charge is 0.0511 e. The molecular weight excluding hydrogens is 302 g/mol. The van der Waals surface area contributed by atoms with E-state index in [1.807, 2.05) is 0 Å². The summed E-state index contributed by atoms with van der Waals surface area (Å²) in [5, 5.41) is 0. The Kier molecular flexibility index (Phi) is 6.27. The highest BCUT2D eigenvalue weighted by Gasteiger charge is 2.17. The molecule has 0 unspecified atom stereocenters. The summed E-state index contributed by atoms with van der Waals surface area (Å²) in [6, 6.07) is 8.41. The first-order valence-electron chi connectivity index (χ1n) is 5.73. The highest BCUT2D eigenvalue weighted by molar-refractivity contribution is 9.10. The predicted molar refractivity (Wildman–Crippen MR) is 79.1 cm³/mol. The number of piperazine rings is 1. The largest absolute Gasteiger partial charge is 0.368 e. The van der Waals surface area contributed by atoms with Crippen molar-refractivity contribution >= 4 is 34.0 Å². The van der Waals surface area contributed by atoms with Crippen molar-refractivity contribution in [2.45, 2.75) is 0 Å². The molecule has 0 atom stereocenters. The van der Waals surface area contributed by atoms with E-state index in [0.717, 1.165) is 39.3 Å². The van der Waals surface area contributed by atoms with Gasteiger partial charge in [0.05, 0.1) is 5.69 Å². The molecule has 96 valence electrons. The molecule has 0 spiro atoms. The van der Waals surface area contributed by atoms with Gasteiger partial charge in [-0.3, -0.25) is 4.90 Å². The van der Waals surface area contributed by atoms with Gasteiger partial charge in [0.25, 0.3) is 0 Å². The second kappa shape index (κ2) is 7.21. The molecule has 5 heteroatoms. The summed E-state index contributed by atoms with van der Waals surface area (Å²) in [7, 11) is 0. The van der Waals surface area contributed by atoms with Gasteiger partial charge in [0.2, 0.25) is 0 Å². The van der Waals surface area contributed by atoms with Gasteiger partial charge in [-0.1, -0.05) is 12.1 Å². The minimum Gasteiger partial charge on any atom is -0.368 e. The molecule has 1 aliphatic heterocycles. The summed E-state index contributed by atoms with van der Waals surface area (Å²) < 4.78 is 1.18. The molecular formula is C12H19BrClN3. The third kappa shape index (κ3) is 3.85. The molecule has 0 bridgehead atoms. The van der Waals surface area contributed by atoms with Crippen LogP contribution < -0.4 is 10.6 Å². The van der Waals surface area contributed by atoms with Gasteiger partial charge in [0.15, 0.2) is 0 Å². The van der Waals surface area contributed by atoms with Crippen LogP contribution in [0.25, 0.3) is 0 Å². The van der Waals surface area contributed by atoms with Gasteiger partial charge in [0.1, 0.15) is 0 Å². The van der Waals surface area contributed by atoms with Gasteiger partial charge in [-0.15, -0.1) is 12.4 Å². The number of rotatable bonds is 3. The Bertz CT molecular complexity index is 340. The third-order valence-corrected chi connectivity index (χ3v) is 3.68. The monoisotopic (exact) mass is 319 g/mol. The SMILES string of the molecule is Cl.NCCN1CCN(c2ccccc2Br)CC1. The van der Waals surface area contributed by atoms with E-state index < -0.39 is 0 Å². The van der Waals surface area contributed by atoms with Crippen LogP contribution in [-0.2, 0) is 0 Å². The van der Waals surface area contributed by atoms with Crippen LogP contribution in [0.1, 0.15) is 0 Å². The van der Waals surface area contributed by atoms with E-state index in [1.165, 1.54) is 10.2 Å². The van der Waals surface area contributed by atoms with Crippen LogP contribution in [0.5, 0.6) is 0 Å². The number of hydrogen-bond acceptors (Lipinski definition) is 3. The summed E-state index contributed by atoms with van der Waals surface area (Å²) in [5.41, 5.74) is 6.87. The molecule has 1 fully saturated rings. The van der Waals surface area contributed by atoms with Gasteiger partial charge in [-0.2, -0.15) is 0 Å². The van der Waals surface area contributed by atoms with Crippen molar-refractivity contribution < 1.29 is 0 Å².